The van der Waals surface area contributed by atoms with Crippen LogP contribution in [0, 0.1) is 0 Å². The Morgan fingerprint density at radius 3 is 2.62 bits per heavy atom. The van der Waals surface area contributed by atoms with E-state index in [9.17, 15) is 8.42 Å². The molecule has 11 heteroatoms. The van der Waals surface area contributed by atoms with Crippen molar-refractivity contribution in [3.63, 3.8) is 0 Å². The minimum atomic E-state index is -3.17. The Morgan fingerprint density at radius 1 is 1.11 bits per heavy atom. The normalized spacial score (nSPS) is 19.2. The van der Waals surface area contributed by atoms with Crippen LogP contribution in [-0.2, 0) is 16.3 Å². The second kappa shape index (κ2) is 11.4. The molecule has 1 saturated heterocycles. The zero-order valence-electron chi connectivity index (χ0n) is 21.4. The van der Waals surface area contributed by atoms with Gasteiger partial charge in [0.2, 0.25) is 5.95 Å². The summed E-state index contributed by atoms with van der Waals surface area (Å²) in [7, 11) is -3.17. The first-order valence-corrected chi connectivity index (χ1v) is 15.6. The maximum atomic E-state index is 12.6. The number of aryl methyl sites for hydroxylation is 1. The molecule has 0 aliphatic carbocycles. The summed E-state index contributed by atoms with van der Waals surface area (Å²) in [5, 5.41) is 3.20. The van der Waals surface area contributed by atoms with Crippen LogP contribution in [0.5, 0.6) is 5.19 Å². The van der Waals surface area contributed by atoms with Crippen LogP contribution in [0.3, 0.4) is 0 Å². The van der Waals surface area contributed by atoms with Crippen LogP contribution >= 0.6 is 11.3 Å². The summed E-state index contributed by atoms with van der Waals surface area (Å²) in [5.74, 6) is 0.981. The molecule has 3 aromatic heterocycles. The van der Waals surface area contributed by atoms with E-state index in [1.165, 1.54) is 16.9 Å². The fraction of sp³-hybridized carbons (Fsp3) is 0.538. The molecule has 3 aromatic rings. The smallest absolute Gasteiger partial charge is 0.276 e. The van der Waals surface area contributed by atoms with Gasteiger partial charge in [-0.15, -0.1) is 0 Å². The Balaban J connectivity index is 1.20. The van der Waals surface area contributed by atoms with Crippen LogP contribution in [0.1, 0.15) is 57.1 Å². The lowest BCUT2D eigenvalue weighted by Crippen LogP contribution is -2.40. The zero-order valence-corrected chi connectivity index (χ0v) is 23.0. The van der Waals surface area contributed by atoms with Crippen LogP contribution in [-0.4, -0.2) is 65.2 Å². The van der Waals surface area contributed by atoms with E-state index in [0.29, 0.717) is 30.2 Å². The van der Waals surface area contributed by atoms with Gasteiger partial charge in [-0.2, -0.15) is 4.98 Å². The maximum absolute atomic E-state index is 12.6. The molecule has 1 N–H and O–H groups in total. The van der Waals surface area contributed by atoms with Crippen molar-refractivity contribution in [2.45, 2.75) is 63.9 Å². The second-order valence-corrected chi connectivity index (χ2v) is 13.0. The van der Waals surface area contributed by atoms with Gasteiger partial charge >= 0.3 is 0 Å². The van der Waals surface area contributed by atoms with Crippen LogP contribution in [0.2, 0.25) is 0 Å². The van der Waals surface area contributed by atoms with Gasteiger partial charge in [-0.25, -0.2) is 23.4 Å². The number of hydrogen-bond donors (Lipinski definition) is 1. The highest BCUT2D eigenvalue weighted by Gasteiger charge is 2.28. The quantitative estimate of drug-likeness (QED) is 0.429. The van der Waals surface area contributed by atoms with Crippen molar-refractivity contribution in [2.24, 2.45) is 0 Å². The summed E-state index contributed by atoms with van der Waals surface area (Å²) in [4.78, 5) is 20.4. The minimum Gasteiger partial charge on any atom is -0.467 e. The van der Waals surface area contributed by atoms with Crippen molar-refractivity contribution < 1.29 is 13.2 Å². The van der Waals surface area contributed by atoms with E-state index in [2.05, 4.69) is 43.1 Å². The first-order chi connectivity index (χ1) is 17.9. The van der Waals surface area contributed by atoms with E-state index >= 15 is 0 Å². The third-order valence-electron chi connectivity index (χ3n) is 6.84. The Bertz CT molecular complexity index is 1350. The molecule has 0 radical (unpaired) electrons. The highest BCUT2D eigenvalue weighted by Crippen LogP contribution is 2.33. The van der Waals surface area contributed by atoms with Gasteiger partial charge in [-0.05, 0) is 35.6 Å². The standard InChI is InChI=1S/C26H34N6O3S2/c1-3-5-18-15-29-25(30-16-18)32-10-7-21(8-11-32)35-26-31-24-22(36-26)13-20(17-28-24)19-6-9-27-23(14-19)37(33,34)12-4-2/h6,13,15-17,21,23,27H,3-5,7-12,14H2,1-2H3. The van der Waals surface area contributed by atoms with Crippen molar-refractivity contribution in [1.82, 2.24) is 25.3 Å². The molecule has 1 unspecified atom stereocenters. The molecule has 5 heterocycles. The summed E-state index contributed by atoms with van der Waals surface area (Å²) in [6, 6.07) is 2.05. The molecule has 2 aliphatic rings. The molecule has 0 spiro atoms. The third kappa shape index (κ3) is 6.10. The predicted molar refractivity (Wildman–Crippen MR) is 148 cm³/mol. The third-order valence-corrected chi connectivity index (χ3v) is 9.90. The van der Waals surface area contributed by atoms with Crippen molar-refractivity contribution in [3.8, 4) is 5.19 Å². The molecule has 2 aliphatic heterocycles. The first kappa shape index (κ1) is 26.0. The number of thiazole rings is 1. The Hall–Kier alpha value is -2.63. The molecule has 9 nitrogen and oxygen atoms in total. The van der Waals surface area contributed by atoms with E-state index in [1.807, 2.05) is 25.4 Å². The Kier molecular flexibility index (Phi) is 8.01. The monoisotopic (exact) mass is 542 g/mol. The minimum absolute atomic E-state index is 0.0901. The lowest BCUT2D eigenvalue weighted by molar-refractivity contribution is 0.170. The molecule has 1 atom stereocenters. The number of hydrogen-bond acceptors (Lipinski definition) is 10. The van der Waals surface area contributed by atoms with Gasteiger partial charge in [0, 0.05) is 57.5 Å². The second-order valence-electron chi connectivity index (χ2n) is 9.67. The summed E-state index contributed by atoms with van der Waals surface area (Å²) in [6.45, 7) is 6.26. The molecule has 0 bridgehead atoms. The summed E-state index contributed by atoms with van der Waals surface area (Å²) in [6.07, 6.45) is 12.7. The zero-order chi connectivity index (χ0) is 25.8. The lowest BCUT2D eigenvalue weighted by atomic mass is 10.0. The molecule has 0 saturated carbocycles. The average Bonchev–Trinajstić information content (AvgIpc) is 3.31. The number of piperidine rings is 1. The van der Waals surface area contributed by atoms with Crippen molar-refractivity contribution in [3.05, 3.63) is 41.9 Å². The van der Waals surface area contributed by atoms with E-state index in [4.69, 9.17) is 4.74 Å². The Labute approximate surface area is 222 Å². The maximum Gasteiger partial charge on any atom is 0.276 e. The van der Waals surface area contributed by atoms with Gasteiger partial charge in [0.15, 0.2) is 15.5 Å². The van der Waals surface area contributed by atoms with E-state index in [-0.39, 0.29) is 11.9 Å². The van der Waals surface area contributed by atoms with E-state index in [1.54, 1.807) is 6.20 Å². The average molecular weight is 543 g/mol. The number of nitrogens with one attached hydrogen (secondary N) is 1. The number of ether oxygens (including phenoxy) is 1. The summed E-state index contributed by atoms with van der Waals surface area (Å²) >= 11 is 1.49. The highest BCUT2D eigenvalue weighted by atomic mass is 32.2. The van der Waals surface area contributed by atoms with Crippen molar-refractivity contribution in [1.29, 1.82) is 0 Å². The van der Waals surface area contributed by atoms with Gasteiger partial charge in [0.25, 0.3) is 5.19 Å². The molecular weight excluding hydrogens is 508 g/mol. The van der Waals surface area contributed by atoms with Crippen LogP contribution < -0.4 is 15.0 Å². The SMILES string of the molecule is CCCc1cnc(N2CCC(Oc3nc4ncc(C5=CCNC(S(=O)(=O)CCC)C5)cc4s3)CC2)nc1. The molecule has 198 valence electrons. The number of pyridine rings is 1. The predicted octanol–water partition coefficient (Wildman–Crippen LogP) is 4.01. The molecule has 5 rings (SSSR count). The van der Waals surface area contributed by atoms with Crippen LogP contribution in [0.4, 0.5) is 5.95 Å². The molecule has 0 aromatic carbocycles. The summed E-state index contributed by atoms with van der Waals surface area (Å²) < 4.78 is 32.3. The van der Waals surface area contributed by atoms with Gasteiger partial charge < -0.3 is 9.64 Å². The Morgan fingerprint density at radius 2 is 1.89 bits per heavy atom. The number of fused-ring (bicyclic) bond motifs is 1. The van der Waals surface area contributed by atoms with E-state index < -0.39 is 15.2 Å². The van der Waals surface area contributed by atoms with Crippen molar-refractivity contribution >= 4 is 43.0 Å². The number of aromatic nitrogens is 4. The highest BCUT2D eigenvalue weighted by molar-refractivity contribution is 7.92. The topological polar surface area (TPSA) is 110 Å². The fourth-order valence-electron chi connectivity index (χ4n) is 4.86. The van der Waals surface area contributed by atoms with Gasteiger partial charge in [0.1, 0.15) is 11.5 Å². The molecular formula is C26H34N6O3S2. The van der Waals surface area contributed by atoms with Crippen LogP contribution in [0.25, 0.3) is 15.9 Å². The number of rotatable bonds is 9. The van der Waals surface area contributed by atoms with Gasteiger partial charge in [0.05, 0.1) is 10.5 Å². The molecule has 0 amide bonds. The number of sulfone groups is 1. The van der Waals surface area contributed by atoms with Crippen molar-refractivity contribution in [2.75, 3.05) is 30.3 Å². The van der Waals surface area contributed by atoms with Crippen LogP contribution in [0.15, 0.2) is 30.7 Å². The number of anilines is 1. The lowest BCUT2D eigenvalue weighted by Gasteiger charge is -2.31. The fourth-order valence-corrected chi connectivity index (χ4v) is 7.37. The largest absolute Gasteiger partial charge is 0.467 e. The van der Waals surface area contributed by atoms with E-state index in [0.717, 1.165) is 60.6 Å². The van der Waals surface area contributed by atoms with Gasteiger partial charge in [-0.1, -0.05) is 37.7 Å². The van der Waals surface area contributed by atoms with Gasteiger partial charge in [-0.3, -0.25) is 5.32 Å². The molecule has 37 heavy (non-hydrogen) atoms. The summed E-state index contributed by atoms with van der Waals surface area (Å²) in [5.41, 5.74) is 3.78. The first-order valence-electron chi connectivity index (χ1n) is 13.1. The number of nitrogens with zero attached hydrogens (tertiary/aromatic N) is 5. The molecule has 1 fully saturated rings.